The number of H-pyrrole nitrogens is 2. The summed E-state index contributed by atoms with van der Waals surface area (Å²) < 4.78 is 79.2. The fourth-order valence-electron chi connectivity index (χ4n) is 9.76. The molecule has 2 aromatic carbocycles. The first-order valence-electron chi connectivity index (χ1n) is 28.2. The number of carbonyl (C=O) groups is 4. The lowest BCUT2D eigenvalue weighted by Gasteiger charge is -2.24. The SMILES string of the molecule is C=CC(=O)Nc1cn(CCC(C)(C)c2noc(C(=O)NCc3ccc(-c4ccnc5[nH]c(-c6nn(C)cc6NC(=O)/C=C/CN6CCOCC6)nc45)cc3C(F)(F)F)n2)nc1-c1nc2c(-c3ccc(CNC(=O)c4nc(C(C)(C)C)no4)c(F)c3)ccnc2[nH]1. The number of aromatic amines is 2. The molecule has 26 nitrogen and oxygen atoms in total. The third-order valence-corrected chi connectivity index (χ3v) is 14.7. The molecule has 8 aromatic heterocycles. The highest BCUT2D eigenvalue weighted by Crippen LogP contribution is 2.38. The van der Waals surface area contributed by atoms with Gasteiger partial charge in [-0.3, -0.25) is 33.4 Å². The highest BCUT2D eigenvalue weighted by atomic mass is 19.4. The number of amides is 4. The Labute approximate surface area is 509 Å². The van der Waals surface area contributed by atoms with E-state index >= 15 is 4.39 Å². The molecule has 6 N–H and O–H groups in total. The molecule has 9 heterocycles. The predicted octanol–water partition coefficient (Wildman–Crippen LogP) is 8.23. The molecular weight excluding hydrogens is 1170 g/mol. The molecule has 1 aliphatic heterocycles. The van der Waals surface area contributed by atoms with Gasteiger partial charge < -0.3 is 45.0 Å². The van der Waals surface area contributed by atoms with E-state index in [1.165, 1.54) is 53.5 Å². The van der Waals surface area contributed by atoms with Crippen LogP contribution < -0.4 is 21.3 Å². The van der Waals surface area contributed by atoms with E-state index in [1.807, 2.05) is 20.8 Å². The van der Waals surface area contributed by atoms with Crippen molar-refractivity contribution < 1.29 is 50.5 Å². The van der Waals surface area contributed by atoms with E-state index in [-0.39, 0.29) is 87.8 Å². The van der Waals surface area contributed by atoms with Crippen molar-refractivity contribution in [3.8, 4) is 45.3 Å². The van der Waals surface area contributed by atoms with Crippen LogP contribution >= 0.6 is 0 Å². The summed E-state index contributed by atoms with van der Waals surface area (Å²) in [6.45, 7) is 15.6. The first-order valence-corrected chi connectivity index (χ1v) is 28.2. The maximum absolute atomic E-state index is 15.7. The number of benzene rings is 2. The van der Waals surface area contributed by atoms with Gasteiger partial charge in [-0.15, -0.1) is 0 Å². The fraction of sp³-hybridized carbons (Fsp3) is 0.300. The minimum absolute atomic E-state index is 0.116. The van der Waals surface area contributed by atoms with E-state index in [1.54, 1.807) is 56.2 Å². The van der Waals surface area contributed by atoms with Crippen molar-refractivity contribution in [1.29, 1.82) is 0 Å². The number of fused-ring (bicyclic) bond motifs is 2. The number of nitrogens with one attached hydrogen (secondary N) is 6. The minimum Gasteiger partial charge on any atom is -0.379 e. The zero-order chi connectivity index (χ0) is 63.6. The summed E-state index contributed by atoms with van der Waals surface area (Å²) in [5, 5.41) is 27.8. The minimum atomic E-state index is -4.85. The van der Waals surface area contributed by atoms with E-state index in [0.29, 0.717) is 59.1 Å². The third kappa shape index (κ3) is 13.4. The molecule has 0 aliphatic carbocycles. The van der Waals surface area contributed by atoms with Crippen LogP contribution in [-0.2, 0) is 58.0 Å². The second-order valence-electron chi connectivity index (χ2n) is 22.8. The van der Waals surface area contributed by atoms with Gasteiger partial charge in [0.2, 0.25) is 11.8 Å². The summed E-state index contributed by atoms with van der Waals surface area (Å²) in [5.41, 5.74) is 1.38. The highest BCUT2D eigenvalue weighted by Gasteiger charge is 2.35. The Kier molecular flexibility index (Phi) is 16.9. The second-order valence-corrected chi connectivity index (χ2v) is 22.8. The Morgan fingerprint density at radius 1 is 0.711 bits per heavy atom. The zero-order valence-electron chi connectivity index (χ0n) is 49.4. The molecule has 4 amide bonds. The molecule has 10 aromatic rings. The molecule has 30 heteroatoms. The quantitative estimate of drug-likeness (QED) is 0.0309. The van der Waals surface area contributed by atoms with Gasteiger partial charge in [0.25, 0.3) is 0 Å². The highest BCUT2D eigenvalue weighted by molar-refractivity contribution is 6.03. The average Bonchev–Trinajstić information content (AvgIpc) is 1.67. The van der Waals surface area contributed by atoms with Crippen LogP contribution in [0.3, 0.4) is 0 Å². The Morgan fingerprint density at radius 3 is 1.88 bits per heavy atom. The number of anilines is 2. The molecule has 0 unspecified atom stereocenters. The number of halogens is 4. The summed E-state index contributed by atoms with van der Waals surface area (Å²) in [6.07, 6.45) is 5.86. The van der Waals surface area contributed by atoms with Gasteiger partial charge in [0, 0.05) is 105 Å². The van der Waals surface area contributed by atoms with Crippen molar-refractivity contribution in [3.05, 3.63) is 144 Å². The number of hydrogen-bond acceptors (Lipinski definition) is 18. The van der Waals surface area contributed by atoms with Crippen LogP contribution in [-0.4, -0.2) is 131 Å². The molecule has 0 atom stereocenters. The number of morpholine rings is 1. The van der Waals surface area contributed by atoms with Crippen LogP contribution in [0, 0.1) is 5.82 Å². The van der Waals surface area contributed by atoms with Gasteiger partial charge in [0.1, 0.15) is 16.9 Å². The molecule has 464 valence electrons. The van der Waals surface area contributed by atoms with E-state index < -0.39 is 64.5 Å². The number of imidazole rings is 2. The number of rotatable bonds is 20. The summed E-state index contributed by atoms with van der Waals surface area (Å²) in [4.78, 5) is 87.0. The average molecular weight is 1230 g/mol. The van der Waals surface area contributed by atoms with Gasteiger partial charge in [0.05, 0.1) is 30.2 Å². The molecule has 0 bridgehead atoms. The smallest absolute Gasteiger partial charge is 0.379 e. The van der Waals surface area contributed by atoms with Crippen molar-refractivity contribution >= 4 is 57.3 Å². The van der Waals surface area contributed by atoms with Gasteiger partial charge in [-0.05, 0) is 53.5 Å². The number of alkyl halides is 3. The standard InChI is InChI=1S/C60H59F4N19O7/c1-8-42(84)69-41-31-83(78-47(41)51-72-45-37(16-19-66-49(45)74-51)33-12-14-35(39(61)27-33)29-68-52(86)54-75-56(79-89-54)58(2,3)4)21-17-59(5,6)57-76-55(90-80-57)53(87)67-28-34-13-11-32(26-38(34)60(62,63)64)36-15-18-65-48-44(36)71-50(73-48)46-40(30-81(7)77-46)70-43(85)10-9-20-82-22-24-88-25-23-82/h8-16,18-19,26-27,30-31H,1,17,20-25,28-29H2,2-7H3,(H,67,87)(H,68,86)(H,69,84)(H,70,85)(H,65,71,73)(H,66,72,74)/b10-9+. The van der Waals surface area contributed by atoms with Crippen molar-refractivity contribution in [2.75, 3.05) is 43.5 Å². The first-order chi connectivity index (χ1) is 43.0. The molecule has 1 saturated heterocycles. The van der Waals surface area contributed by atoms with E-state index in [2.05, 4.69) is 78.1 Å². The molecule has 0 saturated carbocycles. The van der Waals surface area contributed by atoms with Crippen molar-refractivity contribution in [3.63, 3.8) is 0 Å². The molecule has 1 fully saturated rings. The second kappa shape index (κ2) is 24.9. The molecule has 0 radical (unpaired) electrons. The van der Waals surface area contributed by atoms with Crippen LogP contribution in [0.25, 0.3) is 67.6 Å². The molecule has 0 spiro atoms. The lowest BCUT2D eigenvalue weighted by molar-refractivity contribution is -0.138. The van der Waals surface area contributed by atoms with Gasteiger partial charge in [-0.2, -0.15) is 33.3 Å². The van der Waals surface area contributed by atoms with Crippen LogP contribution in [0.4, 0.5) is 28.9 Å². The molecule has 1 aliphatic rings. The zero-order valence-corrected chi connectivity index (χ0v) is 49.4. The van der Waals surface area contributed by atoms with Crippen LogP contribution in [0.15, 0.2) is 107 Å². The lowest BCUT2D eigenvalue weighted by atomic mass is 9.88. The largest absolute Gasteiger partial charge is 0.416 e. The van der Waals surface area contributed by atoms with Crippen LogP contribution in [0.5, 0.6) is 0 Å². The Bertz CT molecular complexity index is 4410. The van der Waals surface area contributed by atoms with Crippen LogP contribution in [0.1, 0.15) is 90.7 Å². The number of ether oxygens (including phenoxy) is 1. The maximum atomic E-state index is 15.7. The summed E-state index contributed by atoms with van der Waals surface area (Å²) in [6, 6.07) is 11.4. The summed E-state index contributed by atoms with van der Waals surface area (Å²) in [5.74, 6) is -2.92. The number of carbonyl (C=O) groups excluding carboxylic acids is 4. The number of nitrogens with zero attached hydrogens (tertiary/aromatic N) is 13. The number of hydrogen-bond donors (Lipinski definition) is 6. The van der Waals surface area contributed by atoms with Crippen molar-refractivity contribution in [2.45, 2.75) is 77.7 Å². The fourth-order valence-corrected chi connectivity index (χ4v) is 9.76. The predicted molar refractivity (Wildman–Crippen MR) is 318 cm³/mol. The van der Waals surface area contributed by atoms with Gasteiger partial charge in [-0.1, -0.05) is 81.9 Å². The number of aromatic nitrogens is 14. The van der Waals surface area contributed by atoms with E-state index in [9.17, 15) is 32.3 Å². The third-order valence-electron chi connectivity index (χ3n) is 14.7. The topological polar surface area (TPSA) is 325 Å². The van der Waals surface area contributed by atoms with E-state index in [4.69, 9.17) is 28.8 Å². The Balaban J connectivity index is 0.744. The summed E-state index contributed by atoms with van der Waals surface area (Å²) in [7, 11) is 1.67. The number of aryl methyl sites for hydroxylation is 2. The molecule has 90 heavy (non-hydrogen) atoms. The normalized spacial score (nSPS) is 13.4. The monoisotopic (exact) mass is 1230 g/mol. The Hall–Kier alpha value is -10.6. The number of pyridine rings is 2. The van der Waals surface area contributed by atoms with E-state index in [0.717, 1.165) is 25.2 Å². The van der Waals surface area contributed by atoms with Crippen LogP contribution in [0.2, 0.25) is 0 Å². The van der Waals surface area contributed by atoms with Gasteiger partial charge in [-0.25, -0.2) is 24.3 Å². The Morgan fingerprint density at radius 2 is 1.28 bits per heavy atom. The molecular formula is C60H59F4N19O7. The molecule has 11 rings (SSSR count). The van der Waals surface area contributed by atoms with Gasteiger partial charge in [0.15, 0.2) is 46.0 Å². The lowest BCUT2D eigenvalue weighted by Crippen LogP contribution is -2.36. The maximum Gasteiger partial charge on any atom is 0.416 e. The van der Waals surface area contributed by atoms with Crippen molar-refractivity contribution in [1.82, 2.24) is 85.3 Å². The van der Waals surface area contributed by atoms with Gasteiger partial charge >= 0.3 is 29.8 Å². The van der Waals surface area contributed by atoms with Crippen molar-refractivity contribution in [2.24, 2.45) is 7.05 Å². The first kappa shape index (κ1) is 61.0. The summed E-state index contributed by atoms with van der Waals surface area (Å²) >= 11 is 0.